The Morgan fingerprint density at radius 3 is 2.61 bits per heavy atom. The van der Waals surface area contributed by atoms with E-state index in [9.17, 15) is 9.59 Å². The molecule has 0 saturated carbocycles. The number of nitrogens with one attached hydrogen (secondary N) is 1. The van der Waals surface area contributed by atoms with Crippen LogP contribution in [0.2, 0.25) is 0 Å². The van der Waals surface area contributed by atoms with Crippen molar-refractivity contribution in [3.05, 3.63) is 20.9 Å². The van der Waals surface area contributed by atoms with Gasteiger partial charge in [0.2, 0.25) is 0 Å². The van der Waals surface area contributed by atoms with Gasteiger partial charge < -0.3 is 9.73 Å². The number of fused-ring (bicyclic) bond motifs is 1. The number of carbonyl (C=O) groups is 1. The summed E-state index contributed by atoms with van der Waals surface area (Å²) < 4.78 is 5.23. The first-order chi connectivity index (χ1) is 11.0. The van der Waals surface area contributed by atoms with Gasteiger partial charge in [0, 0.05) is 6.54 Å². The molecule has 5 nitrogen and oxygen atoms in total. The van der Waals surface area contributed by atoms with Gasteiger partial charge in [-0.25, -0.2) is 4.79 Å². The van der Waals surface area contributed by atoms with Crippen LogP contribution in [0.5, 0.6) is 0 Å². The number of aromatic nitrogens is 1. The first-order valence-corrected chi connectivity index (χ1v) is 9.05. The Morgan fingerprint density at radius 2 is 1.91 bits per heavy atom. The average molecular weight is 336 g/mol. The summed E-state index contributed by atoms with van der Waals surface area (Å²) in [7, 11) is 0. The van der Waals surface area contributed by atoms with Crippen LogP contribution in [0.3, 0.4) is 0 Å². The van der Waals surface area contributed by atoms with Gasteiger partial charge >= 0.3 is 5.63 Å². The van der Waals surface area contributed by atoms with Gasteiger partial charge in [-0.1, -0.05) is 39.0 Å². The lowest BCUT2D eigenvalue weighted by Gasteiger charge is -2.04. The second-order valence-electron chi connectivity index (χ2n) is 5.79. The highest BCUT2D eigenvalue weighted by Gasteiger charge is 2.17. The zero-order valence-electron chi connectivity index (χ0n) is 14.0. The molecule has 0 aliphatic rings. The number of anilines is 1. The number of unbranched alkanes of at least 4 members (excludes halogenated alkanes) is 5. The van der Waals surface area contributed by atoms with E-state index >= 15 is 0 Å². The molecular formula is C17H24N2O3S. The Morgan fingerprint density at radius 1 is 1.22 bits per heavy atom. The number of ketones is 1. The van der Waals surface area contributed by atoms with E-state index in [2.05, 4.69) is 17.2 Å². The highest BCUT2D eigenvalue weighted by atomic mass is 32.1. The lowest BCUT2D eigenvalue weighted by atomic mass is 10.1. The number of aryl methyl sites for hydroxylation is 1. The fourth-order valence-electron chi connectivity index (χ4n) is 2.58. The van der Waals surface area contributed by atoms with Crippen LogP contribution in [0.25, 0.3) is 10.2 Å². The van der Waals surface area contributed by atoms with E-state index in [0.717, 1.165) is 19.4 Å². The molecule has 0 amide bonds. The number of nitrogens with zero attached hydrogens (tertiary/aromatic N) is 1. The van der Waals surface area contributed by atoms with Crippen LogP contribution >= 0.6 is 11.3 Å². The molecule has 0 bridgehead atoms. The first kappa shape index (κ1) is 17.7. The summed E-state index contributed by atoms with van der Waals surface area (Å²) in [6.07, 6.45) is 7.23. The van der Waals surface area contributed by atoms with Gasteiger partial charge in [-0.05, 0) is 25.8 Å². The minimum absolute atomic E-state index is 0.0495. The van der Waals surface area contributed by atoms with Gasteiger partial charge in [-0.3, -0.25) is 4.79 Å². The molecule has 0 radical (unpaired) electrons. The van der Waals surface area contributed by atoms with Crippen LogP contribution in [0, 0.1) is 6.92 Å². The number of hydrogen-bond donors (Lipinski definition) is 1. The molecule has 0 saturated heterocycles. The van der Waals surface area contributed by atoms with Crippen molar-refractivity contribution in [2.75, 3.05) is 11.9 Å². The Hall–Kier alpha value is -1.69. The smallest absolute Gasteiger partial charge is 0.349 e. The summed E-state index contributed by atoms with van der Waals surface area (Å²) in [4.78, 5) is 29.2. The van der Waals surface area contributed by atoms with Gasteiger partial charge in [0.1, 0.15) is 10.2 Å². The molecule has 0 atom stereocenters. The topological polar surface area (TPSA) is 72.2 Å². The van der Waals surface area contributed by atoms with Crippen molar-refractivity contribution < 1.29 is 9.21 Å². The minimum atomic E-state index is -0.429. The SMILES string of the molecule is CCCCCCCCNc1nc2sc(C(C)=O)c(C)c2c(=O)o1. The minimum Gasteiger partial charge on any atom is -0.389 e. The second kappa shape index (κ2) is 8.24. The maximum atomic E-state index is 12.1. The van der Waals surface area contributed by atoms with E-state index in [-0.39, 0.29) is 11.8 Å². The Balaban J connectivity index is 2.00. The Bertz CT molecular complexity index is 733. The molecule has 0 unspecified atom stereocenters. The first-order valence-electron chi connectivity index (χ1n) is 8.23. The molecule has 1 N–H and O–H groups in total. The fourth-order valence-corrected chi connectivity index (χ4v) is 3.64. The van der Waals surface area contributed by atoms with Crippen molar-refractivity contribution in [1.29, 1.82) is 0 Å². The molecule has 2 aromatic heterocycles. The zero-order valence-corrected chi connectivity index (χ0v) is 14.8. The van der Waals surface area contributed by atoms with Gasteiger partial charge in [-0.2, -0.15) is 4.98 Å². The standard InChI is InChI=1S/C17H24N2O3S/c1-4-5-6-7-8-9-10-18-17-19-15-13(16(21)22-17)11(2)14(23-15)12(3)20/h4-10H2,1-3H3,(H,18,19). The fraction of sp³-hybridized carbons (Fsp3) is 0.588. The summed E-state index contributed by atoms with van der Waals surface area (Å²) in [5.41, 5.74) is 0.239. The van der Waals surface area contributed by atoms with E-state index in [4.69, 9.17) is 4.42 Å². The third-order valence-corrected chi connectivity index (χ3v) is 5.14. The molecule has 6 heteroatoms. The molecule has 0 aliphatic heterocycles. The molecule has 0 spiro atoms. The molecule has 0 fully saturated rings. The zero-order chi connectivity index (χ0) is 16.8. The van der Waals surface area contributed by atoms with Crippen LogP contribution in [0.15, 0.2) is 9.21 Å². The van der Waals surface area contributed by atoms with Gasteiger partial charge in [-0.15, -0.1) is 11.3 Å². The summed E-state index contributed by atoms with van der Waals surface area (Å²) in [5.74, 6) is -0.0495. The highest BCUT2D eigenvalue weighted by Crippen LogP contribution is 2.28. The van der Waals surface area contributed by atoms with E-state index in [1.807, 2.05) is 0 Å². The lowest BCUT2D eigenvalue weighted by molar-refractivity contribution is 0.102. The van der Waals surface area contributed by atoms with E-state index in [1.165, 1.54) is 43.9 Å². The molecule has 2 aromatic rings. The highest BCUT2D eigenvalue weighted by molar-refractivity contribution is 7.20. The third-order valence-electron chi connectivity index (χ3n) is 3.85. The quantitative estimate of drug-likeness (QED) is 0.538. The largest absolute Gasteiger partial charge is 0.389 e. The molecular weight excluding hydrogens is 312 g/mol. The van der Waals surface area contributed by atoms with Crippen molar-refractivity contribution in [1.82, 2.24) is 4.98 Å². The van der Waals surface area contributed by atoms with Crippen LogP contribution in [-0.2, 0) is 0 Å². The number of hydrogen-bond acceptors (Lipinski definition) is 6. The molecule has 0 aliphatic carbocycles. The number of rotatable bonds is 9. The maximum absolute atomic E-state index is 12.1. The Labute approximate surface area is 140 Å². The van der Waals surface area contributed by atoms with Crippen molar-refractivity contribution in [2.24, 2.45) is 0 Å². The van der Waals surface area contributed by atoms with Crippen LogP contribution in [0.4, 0.5) is 6.01 Å². The van der Waals surface area contributed by atoms with Crippen LogP contribution in [0.1, 0.15) is 67.6 Å². The van der Waals surface area contributed by atoms with Crippen molar-refractivity contribution in [3.8, 4) is 0 Å². The molecule has 2 heterocycles. The van der Waals surface area contributed by atoms with Gasteiger partial charge in [0.25, 0.3) is 6.01 Å². The molecule has 23 heavy (non-hydrogen) atoms. The normalized spacial score (nSPS) is 11.1. The van der Waals surface area contributed by atoms with E-state index in [0.29, 0.717) is 20.7 Å². The van der Waals surface area contributed by atoms with Gasteiger partial charge in [0.15, 0.2) is 5.78 Å². The summed E-state index contributed by atoms with van der Waals surface area (Å²) in [5, 5.41) is 3.49. The van der Waals surface area contributed by atoms with E-state index < -0.39 is 5.63 Å². The third kappa shape index (κ3) is 4.41. The van der Waals surface area contributed by atoms with Crippen molar-refractivity contribution in [3.63, 3.8) is 0 Å². The molecule has 2 rings (SSSR count). The number of Topliss-reactive ketones (excluding diaryl/α,β-unsaturated/α-hetero) is 1. The van der Waals surface area contributed by atoms with Gasteiger partial charge in [0.05, 0.1) is 4.88 Å². The summed E-state index contributed by atoms with van der Waals surface area (Å²) in [6, 6.07) is 0.243. The van der Waals surface area contributed by atoms with Crippen LogP contribution in [-0.4, -0.2) is 17.3 Å². The van der Waals surface area contributed by atoms with Crippen LogP contribution < -0.4 is 10.9 Å². The predicted molar refractivity (Wildman–Crippen MR) is 94.8 cm³/mol. The molecule has 126 valence electrons. The predicted octanol–water partition coefficient (Wildman–Crippen LogP) is 4.53. The summed E-state index contributed by atoms with van der Waals surface area (Å²) >= 11 is 1.25. The average Bonchev–Trinajstić information content (AvgIpc) is 2.84. The monoisotopic (exact) mass is 336 g/mol. The number of thiophene rings is 1. The van der Waals surface area contributed by atoms with E-state index in [1.54, 1.807) is 6.92 Å². The second-order valence-corrected chi connectivity index (χ2v) is 6.79. The Kier molecular flexibility index (Phi) is 6.33. The number of carbonyl (C=O) groups excluding carboxylic acids is 1. The molecule has 0 aromatic carbocycles. The van der Waals surface area contributed by atoms with Crippen molar-refractivity contribution in [2.45, 2.75) is 59.3 Å². The summed E-state index contributed by atoms with van der Waals surface area (Å²) in [6.45, 7) is 6.20. The van der Waals surface area contributed by atoms with Crippen molar-refractivity contribution >= 4 is 33.4 Å². The lowest BCUT2D eigenvalue weighted by Crippen LogP contribution is -2.08. The maximum Gasteiger partial charge on any atom is 0.349 e.